The van der Waals surface area contributed by atoms with Crippen LogP contribution in [0.1, 0.15) is 78.0 Å². The number of hydrogen-bond donors (Lipinski definition) is 2. The average Bonchev–Trinajstić information content (AvgIpc) is 2.84. The highest BCUT2D eigenvalue weighted by molar-refractivity contribution is 7.80. The second-order valence-electron chi connectivity index (χ2n) is 7.02. The summed E-state index contributed by atoms with van der Waals surface area (Å²) in [6.07, 6.45) is 7.14. The highest BCUT2D eigenvalue weighted by atomic mass is 32.1. The lowest BCUT2D eigenvalue weighted by Crippen LogP contribution is -2.37. The fraction of sp³-hybridized carbons (Fsp3) is 0.650. The fourth-order valence-electron chi connectivity index (χ4n) is 3.56. The van der Waals surface area contributed by atoms with Crippen molar-refractivity contribution in [2.24, 2.45) is 0 Å². The molecule has 2 rings (SSSR count). The minimum Gasteiger partial charge on any atom is -0.465 e. The summed E-state index contributed by atoms with van der Waals surface area (Å²) in [5.74, 6) is -0.541. The molecule has 0 unspecified atom stereocenters. The summed E-state index contributed by atoms with van der Waals surface area (Å²) in [5, 5.41) is 7.57. The zero-order valence-corrected chi connectivity index (χ0v) is 18.9. The number of thiocarbonyl (C=S) groups is 1. The van der Waals surface area contributed by atoms with E-state index in [2.05, 4.69) is 10.6 Å². The van der Waals surface area contributed by atoms with Crippen LogP contribution in [0.25, 0.3) is 0 Å². The Morgan fingerprint density at radius 2 is 1.79 bits per heavy atom. The average molecular weight is 426 g/mol. The van der Waals surface area contributed by atoms with E-state index in [1.54, 1.807) is 11.8 Å². The number of carbonyl (C=O) groups excluding carboxylic acids is 2. The van der Waals surface area contributed by atoms with Gasteiger partial charge in [-0.05, 0) is 51.4 Å². The number of rotatable bonds is 6. The van der Waals surface area contributed by atoms with Crippen molar-refractivity contribution in [3.8, 4) is 0 Å². The van der Waals surface area contributed by atoms with Crippen molar-refractivity contribution in [3.63, 3.8) is 0 Å². The Hall–Kier alpha value is -1.67. The molecule has 0 atom stereocenters. The van der Waals surface area contributed by atoms with Crippen LogP contribution in [0.2, 0.25) is 0 Å². The van der Waals surface area contributed by atoms with Gasteiger partial charge >= 0.3 is 5.97 Å². The molecule has 1 amide bonds. The zero-order valence-electron chi connectivity index (χ0n) is 17.2. The molecule has 0 bridgehead atoms. The maximum atomic E-state index is 12.9. The van der Waals surface area contributed by atoms with Gasteiger partial charge in [0.25, 0.3) is 5.91 Å². The summed E-state index contributed by atoms with van der Waals surface area (Å²) >= 11 is 6.76. The molecule has 1 saturated carbocycles. The molecule has 0 aromatic carbocycles. The molecule has 6 nitrogen and oxygen atoms in total. The van der Waals surface area contributed by atoms with Gasteiger partial charge in [-0.15, -0.1) is 11.3 Å². The van der Waals surface area contributed by atoms with Crippen LogP contribution in [-0.2, 0) is 4.74 Å². The van der Waals surface area contributed by atoms with Crippen molar-refractivity contribution in [3.05, 3.63) is 16.0 Å². The Balaban J connectivity index is 2.24. The first-order valence-electron chi connectivity index (χ1n) is 10.0. The fourth-order valence-corrected chi connectivity index (χ4v) is 5.06. The Morgan fingerprint density at radius 3 is 2.32 bits per heavy atom. The predicted molar refractivity (Wildman–Crippen MR) is 118 cm³/mol. The number of hydrogen-bond acceptors (Lipinski definition) is 5. The van der Waals surface area contributed by atoms with Gasteiger partial charge in [0.15, 0.2) is 5.11 Å². The SMILES string of the molecule is CCN(CC)C(=O)c1sc(NC(=S)NC2CCCCCC2)c(C(=O)OC)c1C. The number of carbonyl (C=O) groups is 2. The Labute approximate surface area is 177 Å². The quantitative estimate of drug-likeness (QED) is 0.401. The van der Waals surface area contributed by atoms with Crippen LogP contribution in [0.15, 0.2) is 0 Å². The lowest BCUT2D eigenvalue weighted by Gasteiger charge is -2.19. The second kappa shape index (κ2) is 10.8. The molecular formula is C20H31N3O3S2. The monoisotopic (exact) mass is 425 g/mol. The second-order valence-corrected chi connectivity index (χ2v) is 8.45. The van der Waals surface area contributed by atoms with E-state index in [1.165, 1.54) is 44.1 Å². The highest BCUT2D eigenvalue weighted by Crippen LogP contribution is 2.34. The lowest BCUT2D eigenvalue weighted by atomic mass is 10.1. The van der Waals surface area contributed by atoms with Crippen molar-refractivity contribution in [2.75, 3.05) is 25.5 Å². The summed E-state index contributed by atoms with van der Waals surface area (Å²) in [7, 11) is 1.34. The molecule has 1 aliphatic rings. The standard InChI is InChI=1S/C20H31N3O3S2/c1-5-23(6-2)18(24)16-13(3)15(19(25)26-4)17(28-16)22-20(27)21-14-11-9-7-8-10-12-14/h14H,5-12H2,1-4H3,(H2,21,22,27). The van der Waals surface area contributed by atoms with Crippen LogP contribution in [0, 0.1) is 6.92 Å². The molecule has 1 fully saturated rings. The number of thiophene rings is 1. The van der Waals surface area contributed by atoms with E-state index >= 15 is 0 Å². The zero-order chi connectivity index (χ0) is 20.7. The first kappa shape index (κ1) is 22.6. The Morgan fingerprint density at radius 1 is 1.18 bits per heavy atom. The van der Waals surface area contributed by atoms with Crippen molar-refractivity contribution < 1.29 is 14.3 Å². The summed E-state index contributed by atoms with van der Waals surface area (Å²) < 4.78 is 4.95. The van der Waals surface area contributed by atoms with Gasteiger partial charge in [0.2, 0.25) is 0 Å². The van der Waals surface area contributed by atoms with Gasteiger partial charge < -0.3 is 20.3 Å². The largest absolute Gasteiger partial charge is 0.465 e. The minimum absolute atomic E-state index is 0.0756. The Kier molecular flexibility index (Phi) is 8.69. The number of amides is 1. The van der Waals surface area contributed by atoms with Crippen LogP contribution in [0.5, 0.6) is 0 Å². The molecule has 1 aromatic rings. The van der Waals surface area contributed by atoms with Gasteiger partial charge in [0, 0.05) is 19.1 Å². The first-order valence-corrected chi connectivity index (χ1v) is 11.2. The Bertz CT molecular complexity index is 706. The van der Waals surface area contributed by atoms with E-state index < -0.39 is 5.97 Å². The number of anilines is 1. The van der Waals surface area contributed by atoms with E-state index in [0.717, 1.165) is 12.8 Å². The molecule has 1 heterocycles. The molecule has 0 saturated heterocycles. The van der Waals surface area contributed by atoms with Crippen LogP contribution in [0.3, 0.4) is 0 Å². The molecule has 0 spiro atoms. The molecular weight excluding hydrogens is 394 g/mol. The van der Waals surface area contributed by atoms with Crippen LogP contribution in [-0.4, -0.2) is 48.1 Å². The van der Waals surface area contributed by atoms with Gasteiger partial charge in [-0.25, -0.2) is 4.79 Å². The normalized spacial score (nSPS) is 14.9. The summed E-state index contributed by atoms with van der Waals surface area (Å²) in [5.41, 5.74) is 1.02. The van der Waals surface area contributed by atoms with Gasteiger partial charge in [-0.1, -0.05) is 25.7 Å². The molecule has 156 valence electrons. The van der Waals surface area contributed by atoms with E-state index in [9.17, 15) is 9.59 Å². The topological polar surface area (TPSA) is 70.7 Å². The smallest absolute Gasteiger partial charge is 0.341 e. The molecule has 2 N–H and O–H groups in total. The molecule has 8 heteroatoms. The number of nitrogens with zero attached hydrogens (tertiary/aromatic N) is 1. The maximum absolute atomic E-state index is 12.9. The van der Waals surface area contributed by atoms with E-state index in [4.69, 9.17) is 17.0 Å². The highest BCUT2D eigenvalue weighted by Gasteiger charge is 2.27. The van der Waals surface area contributed by atoms with Gasteiger partial charge in [-0.2, -0.15) is 0 Å². The summed E-state index contributed by atoms with van der Waals surface area (Å²) in [6.45, 7) is 6.90. The predicted octanol–water partition coefficient (Wildman–Crippen LogP) is 4.33. The van der Waals surface area contributed by atoms with Crippen LogP contribution in [0.4, 0.5) is 5.00 Å². The van der Waals surface area contributed by atoms with E-state index in [1.807, 2.05) is 13.8 Å². The van der Waals surface area contributed by atoms with E-state index in [0.29, 0.717) is 45.2 Å². The summed E-state index contributed by atoms with van der Waals surface area (Å²) in [4.78, 5) is 27.5. The maximum Gasteiger partial charge on any atom is 0.341 e. The number of nitrogens with one attached hydrogen (secondary N) is 2. The van der Waals surface area contributed by atoms with Crippen LogP contribution < -0.4 is 10.6 Å². The van der Waals surface area contributed by atoms with Crippen molar-refractivity contribution in [1.82, 2.24) is 10.2 Å². The van der Waals surface area contributed by atoms with Crippen molar-refractivity contribution in [1.29, 1.82) is 0 Å². The molecule has 1 aromatic heterocycles. The van der Waals surface area contributed by atoms with Crippen molar-refractivity contribution >= 4 is 45.5 Å². The van der Waals surface area contributed by atoms with Crippen molar-refractivity contribution in [2.45, 2.75) is 65.3 Å². The number of ether oxygens (including phenoxy) is 1. The lowest BCUT2D eigenvalue weighted by molar-refractivity contribution is 0.0601. The van der Waals surface area contributed by atoms with Crippen LogP contribution >= 0.6 is 23.6 Å². The molecule has 0 aliphatic heterocycles. The third-order valence-electron chi connectivity index (χ3n) is 5.20. The molecule has 0 radical (unpaired) electrons. The first-order chi connectivity index (χ1) is 13.4. The van der Waals surface area contributed by atoms with Gasteiger partial charge in [0.05, 0.1) is 17.6 Å². The van der Waals surface area contributed by atoms with E-state index in [-0.39, 0.29) is 5.91 Å². The third kappa shape index (κ3) is 5.44. The molecule has 1 aliphatic carbocycles. The van der Waals surface area contributed by atoms with Gasteiger partial charge in [-0.3, -0.25) is 4.79 Å². The molecule has 28 heavy (non-hydrogen) atoms. The van der Waals surface area contributed by atoms with Gasteiger partial charge in [0.1, 0.15) is 5.00 Å². The number of esters is 1. The number of methoxy groups -OCH3 is 1. The summed E-state index contributed by atoms with van der Waals surface area (Å²) in [6, 6.07) is 0.349. The third-order valence-corrected chi connectivity index (χ3v) is 6.61. The minimum atomic E-state index is -0.466.